The minimum absolute atomic E-state index is 0.725. The first-order valence-corrected chi connectivity index (χ1v) is 5.63. The molecule has 2 nitrogen and oxygen atoms in total. The zero-order valence-corrected chi connectivity index (χ0v) is 9.42. The Bertz CT molecular complexity index is 134. The molecule has 0 aromatic rings. The van der Waals surface area contributed by atoms with Gasteiger partial charge in [-0.2, -0.15) is 0 Å². The minimum atomic E-state index is 0.725. The zero-order chi connectivity index (χ0) is 9.68. The highest BCUT2D eigenvalue weighted by molar-refractivity contribution is 4.67. The van der Waals surface area contributed by atoms with Gasteiger partial charge in [0.2, 0.25) is 0 Å². The summed E-state index contributed by atoms with van der Waals surface area (Å²) in [6.07, 6.45) is 4.05. The van der Waals surface area contributed by atoms with Crippen LogP contribution in [0.25, 0.3) is 0 Å². The van der Waals surface area contributed by atoms with Gasteiger partial charge in [-0.3, -0.25) is 0 Å². The molecule has 1 saturated heterocycles. The summed E-state index contributed by atoms with van der Waals surface area (Å²) in [5, 5.41) is 0. The van der Waals surface area contributed by atoms with Gasteiger partial charge in [-0.25, -0.2) is 0 Å². The second kappa shape index (κ2) is 5.61. The molecule has 0 unspecified atom stereocenters. The molecule has 1 fully saturated rings. The normalized spacial score (nSPS) is 24.0. The highest BCUT2D eigenvalue weighted by Crippen LogP contribution is 2.06. The molecule has 1 aliphatic heterocycles. The van der Waals surface area contributed by atoms with Crippen molar-refractivity contribution in [3.63, 3.8) is 0 Å². The average molecular weight is 184 g/mol. The van der Waals surface area contributed by atoms with Crippen molar-refractivity contribution in [3.8, 4) is 0 Å². The monoisotopic (exact) mass is 184 g/mol. The number of rotatable bonds is 1. The van der Waals surface area contributed by atoms with Crippen molar-refractivity contribution in [2.45, 2.75) is 39.2 Å². The molecule has 1 heterocycles. The van der Waals surface area contributed by atoms with Crippen LogP contribution < -0.4 is 0 Å². The Hall–Kier alpha value is -0.0800. The molecule has 0 N–H and O–H groups in total. The van der Waals surface area contributed by atoms with Crippen LogP contribution in [-0.2, 0) is 0 Å². The van der Waals surface area contributed by atoms with Crippen LogP contribution >= 0.6 is 0 Å². The van der Waals surface area contributed by atoms with E-state index in [0.29, 0.717) is 0 Å². The maximum Gasteiger partial charge on any atom is 0.00385 e. The van der Waals surface area contributed by atoms with E-state index in [9.17, 15) is 0 Å². The first-order chi connectivity index (χ1) is 6.20. The van der Waals surface area contributed by atoms with E-state index in [2.05, 4.69) is 30.7 Å². The van der Waals surface area contributed by atoms with Gasteiger partial charge in [-0.05, 0) is 66.3 Å². The van der Waals surface area contributed by atoms with Gasteiger partial charge in [0.25, 0.3) is 0 Å². The van der Waals surface area contributed by atoms with Crippen molar-refractivity contribution in [1.29, 1.82) is 0 Å². The minimum Gasteiger partial charge on any atom is -0.306 e. The summed E-state index contributed by atoms with van der Waals surface area (Å²) >= 11 is 0. The van der Waals surface area contributed by atoms with E-state index < -0.39 is 0 Å². The van der Waals surface area contributed by atoms with Crippen LogP contribution in [0.2, 0.25) is 0 Å². The maximum absolute atomic E-state index is 2.61. The van der Waals surface area contributed by atoms with Crippen molar-refractivity contribution in [1.82, 2.24) is 9.80 Å². The fourth-order valence-corrected chi connectivity index (χ4v) is 1.98. The Morgan fingerprint density at radius 3 is 2.08 bits per heavy atom. The van der Waals surface area contributed by atoms with Crippen molar-refractivity contribution in [2.24, 2.45) is 0 Å². The largest absolute Gasteiger partial charge is 0.306 e. The molecule has 0 amide bonds. The lowest BCUT2D eigenvalue weighted by molar-refractivity contribution is 0.217. The quantitative estimate of drug-likeness (QED) is 0.613. The van der Waals surface area contributed by atoms with Crippen LogP contribution in [0.5, 0.6) is 0 Å². The van der Waals surface area contributed by atoms with E-state index in [-0.39, 0.29) is 0 Å². The average Bonchev–Trinajstić information content (AvgIpc) is 2.16. The smallest absolute Gasteiger partial charge is 0.00385 e. The number of hydrogen-bond donors (Lipinski definition) is 0. The second-order valence-corrected chi connectivity index (χ2v) is 4.49. The van der Waals surface area contributed by atoms with Gasteiger partial charge in [-0.15, -0.1) is 0 Å². The summed E-state index contributed by atoms with van der Waals surface area (Å²) in [6, 6.07) is 0.725. The summed E-state index contributed by atoms with van der Waals surface area (Å²) in [7, 11) is 2.24. The van der Waals surface area contributed by atoms with E-state index in [1.165, 1.54) is 45.4 Å². The van der Waals surface area contributed by atoms with Gasteiger partial charge in [0.1, 0.15) is 0 Å². The molecule has 0 aromatic carbocycles. The Kier molecular flexibility index (Phi) is 4.74. The van der Waals surface area contributed by atoms with Crippen LogP contribution in [0, 0.1) is 0 Å². The van der Waals surface area contributed by atoms with Crippen LogP contribution in [-0.4, -0.2) is 49.1 Å². The molecule has 1 aliphatic rings. The fourth-order valence-electron chi connectivity index (χ4n) is 1.98. The Morgan fingerprint density at radius 1 is 0.846 bits per heavy atom. The summed E-state index contributed by atoms with van der Waals surface area (Å²) in [5.41, 5.74) is 0. The molecule has 1 rings (SSSR count). The van der Waals surface area contributed by atoms with Crippen LogP contribution in [0.3, 0.4) is 0 Å². The predicted molar refractivity (Wildman–Crippen MR) is 58.1 cm³/mol. The molecular weight excluding hydrogens is 160 g/mol. The van der Waals surface area contributed by atoms with Crippen LogP contribution in [0.1, 0.15) is 33.1 Å². The van der Waals surface area contributed by atoms with Crippen molar-refractivity contribution in [3.05, 3.63) is 0 Å². The Labute approximate surface area is 82.9 Å². The summed E-state index contributed by atoms with van der Waals surface area (Å²) in [5.74, 6) is 0. The van der Waals surface area contributed by atoms with Gasteiger partial charge in [-0.1, -0.05) is 0 Å². The van der Waals surface area contributed by atoms with Gasteiger partial charge in [0, 0.05) is 6.04 Å². The van der Waals surface area contributed by atoms with E-state index in [4.69, 9.17) is 0 Å². The van der Waals surface area contributed by atoms with Gasteiger partial charge >= 0.3 is 0 Å². The Balaban J connectivity index is 2.34. The summed E-state index contributed by atoms with van der Waals surface area (Å²) in [4.78, 5) is 5.07. The molecule has 0 radical (unpaired) electrons. The summed E-state index contributed by atoms with van der Waals surface area (Å²) < 4.78 is 0. The summed E-state index contributed by atoms with van der Waals surface area (Å²) in [6.45, 7) is 9.74. The first kappa shape index (κ1) is 11.0. The van der Waals surface area contributed by atoms with Crippen LogP contribution in [0.4, 0.5) is 0 Å². The third kappa shape index (κ3) is 4.10. The fraction of sp³-hybridized carbons (Fsp3) is 1.00. The molecule has 0 saturated carbocycles. The van der Waals surface area contributed by atoms with Gasteiger partial charge < -0.3 is 9.80 Å². The molecule has 0 aromatic heterocycles. The molecule has 0 bridgehead atoms. The lowest BCUT2D eigenvalue weighted by Gasteiger charge is -2.25. The topological polar surface area (TPSA) is 6.48 Å². The van der Waals surface area contributed by atoms with Crippen LogP contribution in [0.15, 0.2) is 0 Å². The third-order valence-corrected chi connectivity index (χ3v) is 2.95. The molecule has 78 valence electrons. The molecule has 2 heteroatoms. The van der Waals surface area contributed by atoms with Crippen molar-refractivity contribution < 1.29 is 0 Å². The molecule has 0 aliphatic carbocycles. The highest BCUT2D eigenvalue weighted by Gasteiger charge is 2.11. The maximum atomic E-state index is 2.61. The SMILES string of the molecule is CC(C)N1CCCCN(C)CCC1. The Morgan fingerprint density at radius 2 is 1.38 bits per heavy atom. The second-order valence-electron chi connectivity index (χ2n) is 4.49. The predicted octanol–water partition coefficient (Wildman–Crippen LogP) is 1.81. The molecule has 0 spiro atoms. The van der Waals surface area contributed by atoms with E-state index >= 15 is 0 Å². The van der Waals surface area contributed by atoms with E-state index in [1.54, 1.807) is 0 Å². The molecule has 0 atom stereocenters. The lowest BCUT2D eigenvalue weighted by Crippen LogP contribution is -2.33. The molecular formula is C11H24N2. The third-order valence-electron chi connectivity index (χ3n) is 2.95. The van der Waals surface area contributed by atoms with Crippen molar-refractivity contribution >= 4 is 0 Å². The molecule has 13 heavy (non-hydrogen) atoms. The zero-order valence-electron chi connectivity index (χ0n) is 9.42. The van der Waals surface area contributed by atoms with E-state index in [1.807, 2.05) is 0 Å². The number of hydrogen-bond acceptors (Lipinski definition) is 2. The van der Waals surface area contributed by atoms with Gasteiger partial charge in [0.05, 0.1) is 0 Å². The van der Waals surface area contributed by atoms with E-state index in [0.717, 1.165) is 6.04 Å². The highest BCUT2D eigenvalue weighted by atomic mass is 15.2. The lowest BCUT2D eigenvalue weighted by atomic mass is 10.2. The van der Waals surface area contributed by atoms with Crippen molar-refractivity contribution in [2.75, 3.05) is 33.2 Å². The number of nitrogens with zero attached hydrogens (tertiary/aromatic N) is 2. The van der Waals surface area contributed by atoms with Gasteiger partial charge in [0.15, 0.2) is 0 Å². The standard InChI is InChI=1S/C11H24N2/c1-11(2)13-9-5-4-7-12(3)8-6-10-13/h11H,4-10H2,1-3H3. The first-order valence-electron chi connectivity index (χ1n) is 5.63.